The molecule has 102 valence electrons. The van der Waals surface area contributed by atoms with Crippen LogP contribution in [0.4, 0.5) is 0 Å². The fourth-order valence-electron chi connectivity index (χ4n) is 2.44. The summed E-state index contributed by atoms with van der Waals surface area (Å²) < 4.78 is 1.50. The van der Waals surface area contributed by atoms with Gasteiger partial charge in [0.25, 0.3) is 0 Å². The average Bonchev–Trinajstić information content (AvgIpc) is 2.98. The maximum absolute atomic E-state index is 4.52. The summed E-state index contributed by atoms with van der Waals surface area (Å²) in [5.41, 5.74) is 2.72. The van der Waals surface area contributed by atoms with Gasteiger partial charge in [-0.3, -0.25) is 0 Å². The van der Waals surface area contributed by atoms with Gasteiger partial charge in [-0.1, -0.05) is 6.92 Å². The third-order valence-corrected chi connectivity index (χ3v) is 6.51. The number of aryl methyl sites for hydroxylation is 1. The van der Waals surface area contributed by atoms with Gasteiger partial charge in [0.15, 0.2) is 0 Å². The van der Waals surface area contributed by atoms with Crippen molar-refractivity contribution in [3.05, 3.63) is 33.1 Å². The summed E-state index contributed by atoms with van der Waals surface area (Å²) in [5, 5.41) is 9.98. The van der Waals surface area contributed by atoms with Gasteiger partial charge >= 0.3 is 0 Å². The molecule has 19 heavy (non-hydrogen) atoms. The quantitative estimate of drug-likeness (QED) is 0.913. The highest BCUT2D eigenvalue weighted by molar-refractivity contribution is 8.01. The number of nitrogens with zero attached hydrogens (tertiary/aromatic N) is 1. The molecule has 0 aromatic carbocycles. The molecule has 0 bridgehead atoms. The smallest absolute Gasteiger partial charge is 0.0897 e. The van der Waals surface area contributed by atoms with Crippen molar-refractivity contribution >= 4 is 34.4 Å². The zero-order valence-corrected chi connectivity index (χ0v) is 13.6. The third-order valence-electron chi connectivity index (χ3n) is 3.35. The number of hydrogen-bond acceptors (Lipinski definition) is 5. The van der Waals surface area contributed by atoms with Crippen molar-refractivity contribution in [2.24, 2.45) is 0 Å². The zero-order chi connectivity index (χ0) is 13.2. The average molecular weight is 311 g/mol. The molecule has 0 saturated heterocycles. The van der Waals surface area contributed by atoms with Crippen LogP contribution >= 0.6 is 34.4 Å². The number of nitrogens with one attached hydrogen (secondary N) is 1. The lowest BCUT2D eigenvalue weighted by atomic mass is 10.0. The van der Waals surface area contributed by atoms with Crippen molar-refractivity contribution in [2.75, 3.05) is 6.54 Å². The van der Waals surface area contributed by atoms with Crippen LogP contribution in [0.25, 0.3) is 0 Å². The first-order valence-corrected chi connectivity index (χ1v) is 9.24. The molecule has 1 aliphatic heterocycles. The fourth-order valence-corrected chi connectivity index (χ4v) is 5.65. The Kier molecular flexibility index (Phi) is 4.27. The molecule has 1 aliphatic rings. The molecule has 2 aromatic heterocycles. The molecular weight excluding hydrogens is 292 g/mol. The molecule has 1 N–H and O–H groups in total. The van der Waals surface area contributed by atoms with Gasteiger partial charge in [0.2, 0.25) is 0 Å². The molecule has 0 spiro atoms. The lowest BCUT2D eigenvalue weighted by Crippen LogP contribution is -2.28. The highest BCUT2D eigenvalue weighted by Gasteiger charge is 2.25. The predicted octanol–water partition coefficient (Wildman–Crippen LogP) is 4.27. The van der Waals surface area contributed by atoms with E-state index < -0.39 is 0 Å². The third kappa shape index (κ3) is 3.21. The van der Waals surface area contributed by atoms with E-state index in [1.807, 2.05) is 23.1 Å². The molecule has 0 radical (unpaired) electrons. The second-order valence-electron chi connectivity index (χ2n) is 4.94. The van der Waals surface area contributed by atoms with E-state index in [1.165, 1.54) is 21.9 Å². The number of thioether (sulfide) groups is 1. The summed E-state index contributed by atoms with van der Waals surface area (Å²) in [5.74, 6) is 0. The van der Waals surface area contributed by atoms with Crippen LogP contribution in [0.3, 0.4) is 0 Å². The Labute approximate surface area is 126 Å². The summed E-state index contributed by atoms with van der Waals surface area (Å²) in [6, 6.07) is 2.81. The van der Waals surface area contributed by atoms with Crippen molar-refractivity contribution in [3.8, 4) is 0 Å². The summed E-state index contributed by atoms with van der Waals surface area (Å²) in [7, 11) is 0. The van der Waals surface area contributed by atoms with E-state index in [9.17, 15) is 0 Å². The molecule has 0 fully saturated rings. The normalized spacial score (nSPS) is 22.4. The van der Waals surface area contributed by atoms with Crippen LogP contribution < -0.4 is 5.32 Å². The molecule has 3 heterocycles. The van der Waals surface area contributed by atoms with E-state index in [0.717, 1.165) is 18.0 Å². The topological polar surface area (TPSA) is 24.9 Å². The van der Waals surface area contributed by atoms with Crippen LogP contribution in [0.5, 0.6) is 0 Å². The molecule has 2 aromatic rings. The van der Waals surface area contributed by atoms with Crippen molar-refractivity contribution in [1.82, 2.24) is 10.3 Å². The zero-order valence-electron chi connectivity index (χ0n) is 11.2. The summed E-state index contributed by atoms with van der Waals surface area (Å²) >= 11 is 5.64. The maximum Gasteiger partial charge on any atom is 0.0897 e. The molecular formula is C14H18N2S3. The molecule has 1 unspecified atom stereocenters. The van der Waals surface area contributed by atoms with Gasteiger partial charge in [0.1, 0.15) is 0 Å². The van der Waals surface area contributed by atoms with E-state index in [1.54, 1.807) is 11.3 Å². The van der Waals surface area contributed by atoms with Crippen LogP contribution in [-0.4, -0.2) is 16.8 Å². The van der Waals surface area contributed by atoms with Crippen LogP contribution in [0.1, 0.15) is 35.7 Å². The summed E-state index contributed by atoms with van der Waals surface area (Å²) in [6.45, 7) is 5.41. The Balaban J connectivity index is 1.59. The van der Waals surface area contributed by atoms with Gasteiger partial charge in [-0.05, 0) is 30.4 Å². The maximum atomic E-state index is 4.52. The number of aromatic nitrogens is 1. The van der Waals surface area contributed by atoms with E-state index in [-0.39, 0.29) is 0 Å². The number of thiazole rings is 1. The standard InChI is InChI=1S/C14H18N2S3/c1-9-7-13(12-4-6-17-14(12)19-9)15-5-3-11-8-18-10(2)16-11/h4,6,8-9,13,15H,3,5,7H2,1-2H3/t9-,13?/m0/s1. The lowest BCUT2D eigenvalue weighted by molar-refractivity contribution is 0.491. The van der Waals surface area contributed by atoms with Crippen molar-refractivity contribution in [1.29, 1.82) is 0 Å². The van der Waals surface area contributed by atoms with Gasteiger partial charge < -0.3 is 5.32 Å². The van der Waals surface area contributed by atoms with Crippen LogP contribution in [0.15, 0.2) is 21.0 Å². The molecule has 0 saturated carbocycles. The first kappa shape index (κ1) is 13.6. The van der Waals surface area contributed by atoms with Gasteiger partial charge in [-0.2, -0.15) is 0 Å². The van der Waals surface area contributed by atoms with Crippen molar-refractivity contribution in [2.45, 2.75) is 42.2 Å². The second kappa shape index (κ2) is 5.95. The summed E-state index contributed by atoms with van der Waals surface area (Å²) in [6.07, 6.45) is 2.26. The van der Waals surface area contributed by atoms with E-state index in [2.05, 4.69) is 41.0 Å². The highest BCUT2D eigenvalue weighted by atomic mass is 32.2. The van der Waals surface area contributed by atoms with Crippen molar-refractivity contribution in [3.63, 3.8) is 0 Å². The molecule has 3 rings (SSSR count). The Bertz CT molecular complexity index is 546. The Hall–Kier alpha value is -0.360. The number of rotatable bonds is 4. The van der Waals surface area contributed by atoms with Crippen LogP contribution in [0, 0.1) is 6.92 Å². The van der Waals surface area contributed by atoms with Gasteiger partial charge in [0.05, 0.1) is 14.9 Å². The number of thiophene rings is 1. The Morgan fingerprint density at radius 1 is 1.42 bits per heavy atom. The fraction of sp³-hybridized carbons (Fsp3) is 0.500. The first-order chi connectivity index (χ1) is 9.22. The largest absolute Gasteiger partial charge is 0.309 e. The molecule has 0 aliphatic carbocycles. The molecule has 5 heteroatoms. The van der Waals surface area contributed by atoms with E-state index in [4.69, 9.17) is 0 Å². The monoisotopic (exact) mass is 310 g/mol. The predicted molar refractivity (Wildman–Crippen MR) is 85.6 cm³/mol. The molecule has 2 nitrogen and oxygen atoms in total. The Morgan fingerprint density at radius 3 is 3.11 bits per heavy atom. The Morgan fingerprint density at radius 2 is 2.32 bits per heavy atom. The van der Waals surface area contributed by atoms with Gasteiger partial charge in [0, 0.05) is 29.6 Å². The number of hydrogen-bond donors (Lipinski definition) is 1. The highest BCUT2D eigenvalue weighted by Crippen LogP contribution is 2.43. The van der Waals surface area contributed by atoms with Crippen LogP contribution in [-0.2, 0) is 6.42 Å². The SMILES string of the molecule is Cc1nc(CCNC2C[C@H](C)Sc3sccc32)cs1. The molecule has 2 atom stereocenters. The minimum absolute atomic E-state index is 0.525. The van der Waals surface area contributed by atoms with E-state index in [0.29, 0.717) is 11.3 Å². The van der Waals surface area contributed by atoms with Gasteiger partial charge in [-0.15, -0.1) is 34.4 Å². The number of fused-ring (bicyclic) bond motifs is 1. The first-order valence-electron chi connectivity index (χ1n) is 6.61. The minimum atomic E-state index is 0.525. The minimum Gasteiger partial charge on any atom is -0.309 e. The summed E-state index contributed by atoms with van der Waals surface area (Å²) in [4.78, 5) is 4.52. The molecule has 0 amide bonds. The lowest BCUT2D eigenvalue weighted by Gasteiger charge is -2.27. The second-order valence-corrected chi connectivity index (χ2v) is 8.63. The van der Waals surface area contributed by atoms with Crippen molar-refractivity contribution < 1.29 is 0 Å². The van der Waals surface area contributed by atoms with E-state index >= 15 is 0 Å². The van der Waals surface area contributed by atoms with Crippen LogP contribution in [0.2, 0.25) is 0 Å². The van der Waals surface area contributed by atoms with Gasteiger partial charge in [-0.25, -0.2) is 4.98 Å².